The minimum atomic E-state index is 0. The first-order valence-corrected chi connectivity index (χ1v) is 15.7. The van der Waals surface area contributed by atoms with Crippen LogP contribution in [0.4, 0.5) is 0 Å². The van der Waals surface area contributed by atoms with Gasteiger partial charge in [0.15, 0.2) is 0 Å². The third-order valence-corrected chi connectivity index (χ3v) is 11.9. The van der Waals surface area contributed by atoms with Gasteiger partial charge in [0.2, 0.25) is 0 Å². The Kier molecular flexibility index (Phi) is 11.0. The highest BCUT2D eigenvalue weighted by Gasteiger charge is 2.62. The summed E-state index contributed by atoms with van der Waals surface area (Å²) < 4.78 is 2.11. The standard InChI is InChI=1S/C30H46N2.2C2H6.CH4/c1-7-23-18-31-32(20-23)19-22(3)25-9-8-10-26-24-12-14-28(4)17-21(2)11-16-30(28,6)27(24)13-15-29(25,26)5;2*1-2;/h1,18,20-22,24-27H,8-17,19H2,2-6H3;2*1-2H3;1H4. The van der Waals surface area contributed by atoms with E-state index in [9.17, 15) is 0 Å². The fourth-order valence-electron chi connectivity index (χ4n) is 10.1. The van der Waals surface area contributed by atoms with Crippen molar-refractivity contribution in [3.8, 4) is 12.3 Å². The molecule has 212 valence electrons. The van der Waals surface area contributed by atoms with Crippen molar-refractivity contribution in [1.29, 1.82) is 0 Å². The highest BCUT2D eigenvalue weighted by atomic mass is 15.3. The van der Waals surface area contributed by atoms with E-state index in [1.54, 1.807) is 0 Å². The number of hydrogen-bond acceptors (Lipinski definition) is 1. The quantitative estimate of drug-likeness (QED) is 0.370. The summed E-state index contributed by atoms with van der Waals surface area (Å²) in [5, 5.41) is 4.56. The summed E-state index contributed by atoms with van der Waals surface area (Å²) >= 11 is 0. The van der Waals surface area contributed by atoms with Crippen molar-refractivity contribution in [2.75, 3.05) is 0 Å². The molecule has 37 heavy (non-hydrogen) atoms. The molecule has 4 fully saturated rings. The van der Waals surface area contributed by atoms with Gasteiger partial charge in [-0.3, -0.25) is 4.68 Å². The maximum Gasteiger partial charge on any atom is 0.0646 e. The Balaban J connectivity index is 0.000000919. The van der Waals surface area contributed by atoms with E-state index < -0.39 is 0 Å². The lowest BCUT2D eigenvalue weighted by Crippen LogP contribution is -2.59. The number of nitrogens with zero attached hydrogens (tertiary/aromatic N) is 2. The molecule has 5 rings (SSSR count). The maximum absolute atomic E-state index is 5.58. The van der Waals surface area contributed by atoms with Gasteiger partial charge in [0.1, 0.15) is 0 Å². The van der Waals surface area contributed by atoms with Crippen molar-refractivity contribution in [2.24, 2.45) is 51.8 Å². The van der Waals surface area contributed by atoms with Gasteiger partial charge in [-0.25, -0.2) is 0 Å². The van der Waals surface area contributed by atoms with Gasteiger partial charge in [-0.2, -0.15) is 5.10 Å². The van der Waals surface area contributed by atoms with Crippen molar-refractivity contribution in [2.45, 2.75) is 140 Å². The second-order valence-corrected chi connectivity index (χ2v) is 13.4. The molecular formula is C35H62N2. The molecule has 0 aromatic carbocycles. The molecule has 2 heteroatoms. The molecule has 4 saturated carbocycles. The first kappa shape index (κ1) is 32.0. The Labute approximate surface area is 232 Å². The van der Waals surface area contributed by atoms with Crippen LogP contribution in [-0.2, 0) is 6.54 Å². The summed E-state index contributed by atoms with van der Waals surface area (Å²) in [4.78, 5) is 0. The largest absolute Gasteiger partial charge is 0.271 e. The number of rotatable bonds is 3. The fraction of sp³-hybridized carbons (Fsp3) is 0.857. The van der Waals surface area contributed by atoms with Crippen LogP contribution in [0.5, 0.6) is 0 Å². The molecule has 0 saturated heterocycles. The molecule has 0 aliphatic heterocycles. The molecule has 4 aliphatic rings. The van der Waals surface area contributed by atoms with E-state index >= 15 is 0 Å². The Morgan fingerprint density at radius 3 is 2.35 bits per heavy atom. The summed E-state index contributed by atoms with van der Waals surface area (Å²) in [6, 6.07) is 0. The van der Waals surface area contributed by atoms with Crippen molar-refractivity contribution in [3.05, 3.63) is 18.0 Å². The first-order valence-electron chi connectivity index (χ1n) is 15.7. The van der Waals surface area contributed by atoms with Crippen molar-refractivity contribution in [3.63, 3.8) is 0 Å². The molecule has 2 nitrogen and oxygen atoms in total. The molecule has 1 heterocycles. The smallest absolute Gasteiger partial charge is 0.0646 e. The molecule has 0 amide bonds. The summed E-state index contributed by atoms with van der Waals surface area (Å²) in [6.07, 6.45) is 24.1. The third kappa shape index (κ3) is 5.58. The minimum absolute atomic E-state index is 0. The van der Waals surface area contributed by atoms with E-state index in [2.05, 4.69) is 56.5 Å². The van der Waals surface area contributed by atoms with Crippen LogP contribution in [0.25, 0.3) is 0 Å². The summed E-state index contributed by atoms with van der Waals surface area (Å²) in [7, 11) is 0. The minimum Gasteiger partial charge on any atom is -0.271 e. The third-order valence-electron chi connectivity index (χ3n) is 11.9. The van der Waals surface area contributed by atoms with Gasteiger partial charge < -0.3 is 0 Å². The maximum atomic E-state index is 5.58. The summed E-state index contributed by atoms with van der Waals surface area (Å²) in [5.41, 5.74) is 2.57. The van der Waals surface area contributed by atoms with Gasteiger partial charge in [0.25, 0.3) is 0 Å². The van der Waals surface area contributed by atoms with Gasteiger partial charge in [-0.1, -0.05) is 88.5 Å². The van der Waals surface area contributed by atoms with Gasteiger partial charge in [0, 0.05) is 12.7 Å². The Morgan fingerprint density at radius 2 is 1.70 bits per heavy atom. The average Bonchev–Trinajstić information content (AvgIpc) is 3.34. The highest BCUT2D eigenvalue weighted by Crippen LogP contribution is 2.70. The van der Waals surface area contributed by atoms with E-state index in [1.807, 2.05) is 33.9 Å². The van der Waals surface area contributed by atoms with Crippen LogP contribution in [0.15, 0.2) is 12.4 Å². The van der Waals surface area contributed by atoms with E-state index in [0.29, 0.717) is 22.2 Å². The lowest BCUT2D eigenvalue weighted by Gasteiger charge is -2.67. The first-order chi connectivity index (χ1) is 17.2. The SMILES string of the molecule is C.C#Cc1cnn(CC(C)C2CCCC3C4CCC5(C)CC(C)CCC5(C)C4CCC23C)c1.CC.CC. The Bertz CT molecular complexity index is 878. The number of hydrogen-bond donors (Lipinski definition) is 0. The van der Waals surface area contributed by atoms with Gasteiger partial charge in [0.05, 0.1) is 11.8 Å². The van der Waals surface area contributed by atoms with E-state index in [4.69, 9.17) is 6.42 Å². The Morgan fingerprint density at radius 1 is 1.00 bits per heavy atom. The lowest BCUT2D eigenvalue weighted by molar-refractivity contribution is -0.182. The second kappa shape index (κ2) is 12.7. The highest BCUT2D eigenvalue weighted by molar-refractivity contribution is 5.26. The molecule has 1 aromatic heterocycles. The van der Waals surface area contributed by atoms with Crippen LogP contribution in [0.2, 0.25) is 0 Å². The van der Waals surface area contributed by atoms with Crippen LogP contribution in [0, 0.1) is 64.1 Å². The van der Waals surface area contributed by atoms with Crippen LogP contribution in [-0.4, -0.2) is 9.78 Å². The molecule has 4 aliphatic carbocycles. The van der Waals surface area contributed by atoms with E-state index in [1.165, 1.54) is 64.2 Å². The summed E-state index contributed by atoms with van der Waals surface area (Å²) in [6.45, 7) is 22.1. The monoisotopic (exact) mass is 510 g/mol. The normalized spacial score (nSPS) is 40.9. The van der Waals surface area contributed by atoms with Crippen molar-refractivity contribution in [1.82, 2.24) is 9.78 Å². The number of fused-ring (bicyclic) bond motifs is 5. The zero-order valence-corrected chi connectivity index (χ0v) is 25.4. The zero-order chi connectivity index (χ0) is 26.7. The molecular weight excluding hydrogens is 448 g/mol. The van der Waals surface area contributed by atoms with Crippen LogP contribution in [0.3, 0.4) is 0 Å². The topological polar surface area (TPSA) is 17.8 Å². The van der Waals surface area contributed by atoms with Crippen LogP contribution in [0.1, 0.15) is 140 Å². The molecule has 9 unspecified atom stereocenters. The molecule has 1 aromatic rings. The van der Waals surface area contributed by atoms with Gasteiger partial charge in [-0.05, 0) is 103 Å². The fourth-order valence-corrected chi connectivity index (χ4v) is 10.1. The predicted octanol–water partition coefficient (Wildman–Crippen LogP) is 10.3. The van der Waals surface area contributed by atoms with E-state index in [0.717, 1.165) is 41.7 Å². The van der Waals surface area contributed by atoms with Crippen LogP contribution < -0.4 is 0 Å². The van der Waals surface area contributed by atoms with Gasteiger partial charge >= 0.3 is 0 Å². The molecule has 0 spiro atoms. The zero-order valence-electron chi connectivity index (χ0n) is 25.4. The van der Waals surface area contributed by atoms with E-state index in [-0.39, 0.29) is 7.43 Å². The van der Waals surface area contributed by atoms with Crippen LogP contribution >= 0.6 is 0 Å². The lowest BCUT2D eigenvalue weighted by atomic mass is 9.37. The second-order valence-electron chi connectivity index (χ2n) is 13.4. The Hall–Kier alpha value is -1.23. The summed E-state index contributed by atoms with van der Waals surface area (Å²) in [5.74, 6) is 7.99. The number of terminal acetylenes is 1. The molecule has 0 radical (unpaired) electrons. The van der Waals surface area contributed by atoms with Crippen molar-refractivity contribution < 1.29 is 0 Å². The molecule has 0 N–H and O–H groups in total. The molecule has 9 atom stereocenters. The van der Waals surface area contributed by atoms with Gasteiger partial charge in [-0.15, -0.1) is 6.42 Å². The number of aromatic nitrogens is 2. The predicted molar refractivity (Wildman–Crippen MR) is 162 cm³/mol. The van der Waals surface area contributed by atoms with Crippen molar-refractivity contribution >= 4 is 0 Å². The average molecular weight is 511 g/mol. The molecule has 0 bridgehead atoms.